The number of pyridine rings is 1. The zero-order valence-corrected chi connectivity index (χ0v) is 18.8. The number of rotatable bonds is 5. The van der Waals surface area contributed by atoms with Crippen LogP contribution in [0.25, 0.3) is 0 Å². The Hall–Kier alpha value is -2.26. The van der Waals surface area contributed by atoms with Gasteiger partial charge in [0.1, 0.15) is 22.4 Å². The van der Waals surface area contributed by atoms with E-state index in [1.165, 1.54) is 6.20 Å². The molecule has 0 saturated carbocycles. The van der Waals surface area contributed by atoms with Crippen LogP contribution in [0.15, 0.2) is 29.3 Å². The molecule has 162 valence electrons. The van der Waals surface area contributed by atoms with Gasteiger partial charge in [-0.15, -0.1) is 0 Å². The molecule has 0 unspecified atom stereocenters. The average Bonchev–Trinajstić information content (AvgIpc) is 3.29. The number of aromatic nitrogens is 3. The molecule has 30 heavy (non-hydrogen) atoms. The van der Waals surface area contributed by atoms with Crippen molar-refractivity contribution >= 4 is 21.7 Å². The molecule has 2 aliphatic heterocycles. The second-order valence-electron chi connectivity index (χ2n) is 8.32. The lowest BCUT2D eigenvalue weighted by Gasteiger charge is -2.36. The monoisotopic (exact) mass is 430 g/mol. The molecule has 2 saturated heterocycles. The van der Waals surface area contributed by atoms with Crippen LogP contribution in [-0.4, -0.2) is 66.9 Å². The van der Waals surface area contributed by atoms with Gasteiger partial charge in [-0.1, -0.05) is 13.8 Å². The first-order valence-electron chi connectivity index (χ1n) is 10.7. The summed E-state index contributed by atoms with van der Waals surface area (Å²) in [7, 11) is -3.42. The summed E-state index contributed by atoms with van der Waals surface area (Å²) in [4.78, 5) is 18.5. The van der Waals surface area contributed by atoms with Crippen molar-refractivity contribution in [2.24, 2.45) is 0 Å². The fourth-order valence-electron chi connectivity index (χ4n) is 3.95. The summed E-state index contributed by atoms with van der Waals surface area (Å²) >= 11 is 0. The Bertz CT molecular complexity index is 979. The Morgan fingerprint density at radius 2 is 1.53 bits per heavy atom. The van der Waals surface area contributed by atoms with Crippen molar-refractivity contribution in [3.8, 4) is 0 Å². The number of sulfonamides is 1. The van der Waals surface area contributed by atoms with Crippen molar-refractivity contribution in [3.63, 3.8) is 0 Å². The Labute approximate surface area is 179 Å². The molecule has 0 atom stereocenters. The molecular formula is C21H30N6O2S. The lowest BCUT2D eigenvalue weighted by Crippen LogP contribution is -2.47. The van der Waals surface area contributed by atoms with E-state index in [9.17, 15) is 8.42 Å². The summed E-state index contributed by atoms with van der Waals surface area (Å²) in [5.41, 5.74) is 0.989. The molecule has 0 aliphatic carbocycles. The van der Waals surface area contributed by atoms with Crippen molar-refractivity contribution in [2.45, 2.75) is 44.4 Å². The molecule has 4 rings (SSSR count). The summed E-state index contributed by atoms with van der Waals surface area (Å²) < 4.78 is 26.9. The first-order valence-corrected chi connectivity index (χ1v) is 12.1. The molecule has 2 fully saturated rings. The van der Waals surface area contributed by atoms with Gasteiger partial charge >= 0.3 is 0 Å². The van der Waals surface area contributed by atoms with E-state index in [2.05, 4.69) is 33.6 Å². The van der Waals surface area contributed by atoms with Crippen LogP contribution < -0.4 is 9.80 Å². The fraction of sp³-hybridized carbons (Fsp3) is 0.571. The minimum absolute atomic E-state index is 0.282. The van der Waals surface area contributed by atoms with Crippen molar-refractivity contribution in [3.05, 3.63) is 35.9 Å². The average molecular weight is 431 g/mol. The van der Waals surface area contributed by atoms with Crippen LogP contribution in [0.2, 0.25) is 0 Å². The molecule has 8 nitrogen and oxygen atoms in total. The van der Waals surface area contributed by atoms with Gasteiger partial charge in [-0.25, -0.2) is 23.4 Å². The molecule has 0 radical (unpaired) electrons. The van der Waals surface area contributed by atoms with Crippen molar-refractivity contribution in [1.29, 1.82) is 0 Å². The molecule has 2 aromatic heterocycles. The standard InChI is InChI=1S/C21H30N6O2S/c1-16(2)21-23-17(3)14-20(24-21)26-12-10-25(11-13-26)19-7-6-18(15-22-19)30(28,29)27-8-4-5-9-27/h6-7,14-16H,4-5,8-13H2,1-3H3. The highest BCUT2D eigenvalue weighted by molar-refractivity contribution is 7.89. The highest BCUT2D eigenvalue weighted by Crippen LogP contribution is 2.24. The van der Waals surface area contributed by atoms with E-state index in [1.807, 2.05) is 19.1 Å². The zero-order valence-electron chi connectivity index (χ0n) is 18.0. The van der Waals surface area contributed by atoms with Crippen LogP contribution in [0.3, 0.4) is 0 Å². The van der Waals surface area contributed by atoms with Crippen molar-refractivity contribution < 1.29 is 8.42 Å². The second-order valence-corrected chi connectivity index (χ2v) is 10.3. The predicted molar refractivity (Wildman–Crippen MR) is 118 cm³/mol. The quantitative estimate of drug-likeness (QED) is 0.720. The van der Waals surface area contributed by atoms with E-state index in [0.29, 0.717) is 19.0 Å². The van der Waals surface area contributed by atoms with E-state index < -0.39 is 10.0 Å². The van der Waals surface area contributed by atoms with Crippen LogP contribution in [0.4, 0.5) is 11.6 Å². The fourth-order valence-corrected chi connectivity index (χ4v) is 5.41. The molecule has 0 bridgehead atoms. The summed E-state index contributed by atoms with van der Waals surface area (Å²) in [5, 5.41) is 0. The highest BCUT2D eigenvalue weighted by atomic mass is 32.2. The van der Waals surface area contributed by atoms with Gasteiger partial charge in [-0.2, -0.15) is 4.31 Å². The summed E-state index contributed by atoms with van der Waals surface area (Å²) in [5.74, 6) is 2.97. The lowest BCUT2D eigenvalue weighted by atomic mass is 10.2. The molecule has 9 heteroatoms. The molecular weight excluding hydrogens is 400 g/mol. The maximum atomic E-state index is 12.7. The Balaban J connectivity index is 1.42. The molecule has 0 spiro atoms. The van der Waals surface area contributed by atoms with Crippen LogP contribution in [0, 0.1) is 6.92 Å². The van der Waals surface area contributed by atoms with Gasteiger partial charge in [0, 0.05) is 63.1 Å². The highest BCUT2D eigenvalue weighted by Gasteiger charge is 2.28. The molecule has 0 amide bonds. The van der Waals surface area contributed by atoms with Gasteiger partial charge in [-0.3, -0.25) is 0 Å². The Kier molecular flexibility index (Phi) is 5.92. The van der Waals surface area contributed by atoms with Crippen molar-refractivity contribution in [2.75, 3.05) is 49.1 Å². The van der Waals surface area contributed by atoms with E-state index >= 15 is 0 Å². The normalized spacial score (nSPS) is 18.4. The maximum absolute atomic E-state index is 12.7. The summed E-state index contributed by atoms with van der Waals surface area (Å²) in [6.07, 6.45) is 3.36. The van der Waals surface area contributed by atoms with Gasteiger partial charge in [0.05, 0.1) is 0 Å². The largest absolute Gasteiger partial charge is 0.353 e. The number of anilines is 2. The molecule has 0 N–H and O–H groups in total. The number of nitrogens with zero attached hydrogens (tertiary/aromatic N) is 6. The summed E-state index contributed by atoms with van der Waals surface area (Å²) in [6.45, 7) is 10.7. The minimum atomic E-state index is -3.42. The summed E-state index contributed by atoms with van der Waals surface area (Å²) in [6, 6.07) is 5.55. The number of piperazine rings is 1. The van der Waals surface area contributed by atoms with E-state index in [4.69, 9.17) is 4.98 Å². The third-order valence-corrected chi connectivity index (χ3v) is 7.61. The van der Waals surface area contributed by atoms with Gasteiger partial charge in [0.25, 0.3) is 0 Å². The number of hydrogen-bond donors (Lipinski definition) is 0. The number of hydrogen-bond acceptors (Lipinski definition) is 7. The Morgan fingerprint density at radius 3 is 2.10 bits per heavy atom. The topological polar surface area (TPSA) is 82.5 Å². The number of aryl methyl sites for hydroxylation is 1. The molecule has 2 aliphatic rings. The SMILES string of the molecule is Cc1cc(N2CCN(c3ccc(S(=O)(=O)N4CCCC4)cn3)CC2)nc(C(C)C)n1. The van der Waals surface area contributed by atoms with Crippen LogP contribution in [0.5, 0.6) is 0 Å². The smallest absolute Gasteiger partial charge is 0.244 e. The van der Waals surface area contributed by atoms with Crippen molar-refractivity contribution in [1.82, 2.24) is 19.3 Å². The second kappa shape index (κ2) is 8.47. The van der Waals surface area contributed by atoms with E-state index in [1.54, 1.807) is 10.4 Å². The van der Waals surface area contributed by atoms with Gasteiger partial charge in [-0.05, 0) is 31.9 Å². The maximum Gasteiger partial charge on any atom is 0.244 e. The van der Waals surface area contributed by atoms with Crippen LogP contribution >= 0.6 is 0 Å². The predicted octanol–water partition coefficient (Wildman–Crippen LogP) is 2.41. The molecule has 4 heterocycles. The Morgan fingerprint density at radius 1 is 0.900 bits per heavy atom. The van der Waals surface area contributed by atoms with Gasteiger partial charge in [0.15, 0.2) is 0 Å². The van der Waals surface area contributed by atoms with Gasteiger partial charge in [0.2, 0.25) is 10.0 Å². The molecule has 0 aromatic carbocycles. The van der Waals surface area contributed by atoms with E-state index in [0.717, 1.165) is 62.2 Å². The lowest BCUT2D eigenvalue weighted by molar-refractivity contribution is 0.477. The van der Waals surface area contributed by atoms with Gasteiger partial charge < -0.3 is 9.80 Å². The third-order valence-electron chi connectivity index (χ3n) is 5.73. The first kappa shape index (κ1) is 21.0. The third kappa shape index (κ3) is 4.27. The van der Waals surface area contributed by atoms with Crippen LogP contribution in [-0.2, 0) is 10.0 Å². The van der Waals surface area contributed by atoms with Crippen LogP contribution in [0.1, 0.15) is 44.1 Å². The molecule has 2 aromatic rings. The zero-order chi connectivity index (χ0) is 21.3. The minimum Gasteiger partial charge on any atom is -0.353 e. The first-order chi connectivity index (χ1) is 14.3. The van der Waals surface area contributed by atoms with E-state index in [-0.39, 0.29) is 4.90 Å².